The number of likely N-dealkylation sites (N-methyl/N-ethyl adjacent to an activating group) is 1. The van der Waals surface area contributed by atoms with Gasteiger partial charge in [-0.2, -0.15) is 0 Å². The Balaban J connectivity index is 4.21. The first-order valence-corrected chi connectivity index (χ1v) is 5.41. The van der Waals surface area contributed by atoms with Crippen molar-refractivity contribution in [3.63, 3.8) is 0 Å². The maximum atomic E-state index is 11.9. The second-order valence-electron chi connectivity index (χ2n) is 5.81. The van der Waals surface area contributed by atoms with Crippen LogP contribution in [0.1, 0.15) is 34.6 Å². The zero-order valence-electron chi connectivity index (χ0n) is 11.2. The molecule has 90 valence electrons. The number of carbonyl (C=O) groups is 1. The largest absolute Gasteiger partial charge is 0.464 e. The summed E-state index contributed by atoms with van der Waals surface area (Å²) < 4.78 is 5.26. The van der Waals surface area contributed by atoms with Gasteiger partial charge in [-0.3, -0.25) is 4.79 Å². The summed E-state index contributed by atoms with van der Waals surface area (Å²) in [6, 6.07) is 0. The molecule has 0 aliphatic rings. The zero-order valence-corrected chi connectivity index (χ0v) is 11.2. The second kappa shape index (κ2) is 4.97. The van der Waals surface area contributed by atoms with Crippen LogP contribution in [-0.4, -0.2) is 38.1 Å². The van der Waals surface area contributed by atoms with E-state index < -0.39 is 5.41 Å². The van der Waals surface area contributed by atoms with Crippen molar-refractivity contribution in [2.75, 3.05) is 27.2 Å². The van der Waals surface area contributed by atoms with Crippen LogP contribution in [-0.2, 0) is 9.53 Å². The molecule has 0 fully saturated rings. The molecule has 0 N–H and O–H groups in total. The molecule has 0 saturated heterocycles. The molecule has 0 radical (unpaired) electrons. The zero-order chi connectivity index (χ0) is 12.3. The standard InChI is InChI=1S/C12H25NO2/c1-11(2,3)12(4,5)10(14)15-9-8-13(6)7/h8-9H2,1-7H3. The monoisotopic (exact) mass is 215 g/mol. The Hall–Kier alpha value is -0.570. The van der Waals surface area contributed by atoms with Gasteiger partial charge in [0.1, 0.15) is 6.61 Å². The molecule has 0 aromatic rings. The van der Waals surface area contributed by atoms with Crippen LogP contribution in [0.2, 0.25) is 0 Å². The molecular formula is C12H25NO2. The molecule has 0 heterocycles. The van der Waals surface area contributed by atoms with Gasteiger partial charge in [-0.25, -0.2) is 0 Å². The molecule has 0 unspecified atom stereocenters. The van der Waals surface area contributed by atoms with Crippen molar-refractivity contribution in [3.8, 4) is 0 Å². The summed E-state index contributed by atoms with van der Waals surface area (Å²) in [5.74, 6) is -0.114. The van der Waals surface area contributed by atoms with Crippen LogP contribution in [0.15, 0.2) is 0 Å². The van der Waals surface area contributed by atoms with Crippen LogP contribution in [0.5, 0.6) is 0 Å². The lowest BCUT2D eigenvalue weighted by molar-refractivity contribution is -0.160. The Morgan fingerprint density at radius 1 is 1.13 bits per heavy atom. The summed E-state index contributed by atoms with van der Waals surface area (Å²) in [6.07, 6.45) is 0. The lowest BCUT2D eigenvalue weighted by Crippen LogP contribution is -2.39. The minimum Gasteiger partial charge on any atom is -0.464 e. The van der Waals surface area contributed by atoms with Crippen molar-refractivity contribution in [2.45, 2.75) is 34.6 Å². The van der Waals surface area contributed by atoms with E-state index in [9.17, 15) is 4.79 Å². The van der Waals surface area contributed by atoms with Crippen molar-refractivity contribution >= 4 is 5.97 Å². The average Bonchev–Trinajstić information content (AvgIpc) is 2.01. The molecule has 0 spiro atoms. The van der Waals surface area contributed by atoms with Crippen LogP contribution in [0.3, 0.4) is 0 Å². The van der Waals surface area contributed by atoms with Crippen molar-refractivity contribution < 1.29 is 9.53 Å². The van der Waals surface area contributed by atoms with E-state index in [2.05, 4.69) is 20.8 Å². The number of hydrogen-bond donors (Lipinski definition) is 0. The highest BCUT2D eigenvalue weighted by molar-refractivity contribution is 5.76. The average molecular weight is 215 g/mol. The van der Waals surface area contributed by atoms with E-state index in [1.54, 1.807) is 0 Å². The van der Waals surface area contributed by atoms with Gasteiger partial charge in [-0.1, -0.05) is 20.8 Å². The van der Waals surface area contributed by atoms with Crippen LogP contribution < -0.4 is 0 Å². The molecule has 0 aromatic carbocycles. The summed E-state index contributed by atoms with van der Waals surface area (Å²) in [7, 11) is 3.92. The summed E-state index contributed by atoms with van der Waals surface area (Å²) in [5.41, 5.74) is -0.526. The summed E-state index contributed by atoms with van der Waals surface area (Å²) in [6.45, 7) is 11.3. The molecule has 0 saturated carbocycles. The highest BCUT2D eigenvalue weighted by Crippen LogP contribution is 2.38. The molecule has 3 heteroatoms. The van der Waals surface area contributed by atoms with E-state index in [1.807, 2.05) is 32.8 Å². The molecular weight excluding hydrogens is 190 g/mol. The van der Waals surface area contributed by atoms with Crippen LogP contribution >= 0.6 is 0 Å². The molecule has 0 atom stereocenters. The third-order valence-electron chi connectivity index (χ3n) is 3.16. The first-order chi connectivity index (χ1) is 6.59. The Morgan fingerprint density at radius 3 is 1.93 bits per heavy atom. The SMILES string of the molecule is CN(C)CCOC(=O)C(C)(C)C(C)(C)C. The molecule has 0 aromatic heterocycles. The fourth-order valence-electron chi connectivity index (χ4n) is 0.808. The number of hydrogen-bond acceptors (Lipinski definition) is 3. The van der Waals surface area contributed by atoms with Gasteiger partial charge in [0.05, 0.1) is 5.41 Å². The number of ether oxygens (including phenoxy) is 1. The fourth-order valence-corrected chi connectivity index (χ4v) is 0.808. The van der Waals surface area contributed by atoms with Crippen molar-refractivity contribution in [3.05, 3.63) is 0 Å². The molecule has 0 bridgehead atoms. The third kappa shape index (κ3) is 4.20. The van der Waals surface area contributed by atoms with Gasteiger partial charge in [-0.15, -0.1) is 0 Å². The molecule has 0 rings (SSSR count). The van der Waals surface area contributed by atoms with Gasteiger partial charge >= 0.3 is 5.97 Å². The van der Waals surface area contributed by atoms with E-state index >= 15 is 0 Å². The first-order valence-electron chi connectivity index (χ1n) is 5.41. The third-order valence-corrected chi connectivity index (χ3v) is 3.16. The van der Waals surface area contributed by atoms with Crippen LogP contribution in [0.25, 0.3) is 0 Å². The van der Waals surface area contributed by atoms with Gasteiger partial charge in [0, 0.05) is 6.54 Å². The lowest BCUT2D eigenvalue weighted by Gasteiger charge is -2.36. The summed E-state index contributed by atoms with van der Waals surface area (Å²) in [5, 5.41) is 0. The number of nitrogens with zero attached hydrogens (tertiary/aromatic N) is 1. The quantitative estimate of drug-likeness (QED) is 0.673. The van der Waals surface area contributed by atoms with Gasteiger partial charge in [0.25, 0.3) is 0 Å². The molecule has 0 amide bonds. The number of esters is 1. The van der Waals surface area contributed by atoms with E-state index in [0.29, 0.717) is 6.61 Å². The van der Waals surface area contributed by atoms with E-state index in [-0.39, 0.29) is 11.4 Å². The van der Waals surface area contributed by atoms with Gasteiger partial charge in [0.2, 0.25) is 0 Å². The smallest absolute Gasteiger partial charge is 0.312 e. The second-order valence-corrected chi connectivity index (χ2v) is 5.81. The van der Waals surface area contributed by atoms with Gasteiger partial charge in [0.15, 0.2) is 0 Å². The first kappa shape index (κ1) is 14.4. The lowest BCUT2D eigenvalue weighted by atomic mass is 9.69. The van der Waals surface area contributed by atoms with Crippen LogP contribution in [0, 0.1) is 10.8 Å². The van der Waals surface area contributed by atoms with Gasteiger partial charge < -0.3 is 9.64 Å². The van der Waals surface area contributed by atoms with Gasteiger partial charge in [-0.05, 0) is 33.4 Å². The minimum atomic E-state index is -0.445. The number of rotatable bonds is 4. The van der Waals surface area contributed by atoms with E-state index in [0.717, 1.165) is 6.54 Å². The summed E-state index contributed by atoms with van der Waals surface area (Å²) >= 11 is 0. The Kier molecular flexibility index (Phi) is 4.78. The molecule has 0 aliphatic heterocycles. The molecule has 15 heavy (non-hydrogen) atoms. The maximum absolute atomic E-state index is 11.9. The van der Waals surface area contributed by atoms with Crippen molar-refractivity contribution in [2.24, 2.45) is 10.8 Å². The summed E-state index contributed by atoms with van der Waals surface area (Å²) in [4.78, 5) is 13.8. The van der Waals surface area contributed by atoms with Crippen LogP contribution in [0.4, 0.5) is 0 Å². The van der Waals surface area contributed by atoms with Crippen molar-refractivity contribution in [1.82, 2.24) is 4.90 Å². The predicted octanol–water partition coefficient (Wildman–Crippen LogP) is 2.16. The minimum absolute atomic E-state index is 0.0812. The van der Waals surface area contributed by atoms with E-state index in [4.69, 9.17) is 4.74 Å². The topological polar surface area (TPSA) is 29.5 Å². The Labute approximate surface area is 93.8 Å². The Bertz CT molecular complexity index is 214. The fraction of sp³-hybridized carbons (Fsp3) is 0.917. The Morgan fingerprint density at radius 2 is 1.60 bits per heavy atom. The maximum Gasteiger partial charge on any atom is 0.312 e. The number of carbonyl (C=O) groups excluding carboxylic acids is 1. The van der Waals surface area contributed by atoms with Crippen molar-refractivity contribution in [1.29, 1.82) is 0 Å². The normalized spacial score (nSPS) is 13.1. The predicted molar refractivity (Wildman–Crippen MR) is 62.7 cm³/mol. The molecule has 3 nitrogen and oxygen atoms in total. The molecule has 0 aliphatic carbocycles. The van der Waals surface area contributed by atoms with E-state index in [1.165, 1.54) is 0 Å². The highest BCUT2D eigenvalue weighted by Gasteiger charge is 2.41. The highest BCUT2D eigenvalue weighted by atomic mass is 16.5.